The molecule has 0 aliphatic rings. The van der Waals surface area contributed by atoms with E-state index < -0.39 is 0 Å². The van der Waals surface area contributed by atoms with Gasteiger partial charge >= 0.3 is 0 Å². The first-order valence-electron chi connectivity index (χ1n) is 8.92. The summed E-state index contributed by atoms with van der Waals surface area (Å²) in [7, 11) is 0. The largest absolute Gasteiger partial charge is 0.357 e. The van der Waals surface area contributed by atoms with Gasteiger partial charge in [-0.1, -0.05) is 0 Å². The summed E-state index contributed by atoms with van der Waals surface area (Å²) in [6, 6.07) is 12.3. The summed E-state index contributed by atoms with van der Waals surface area (Å²) in [5, 5.41) is 13.0. The van der Waals surface area contributed by atoms with E-state index in [9.17, 15) is 0 Å². The molecule has 3 heterocycles. The summed E-state index contributed by atoms with van der Waals surface area (Å²) in [6.45, 7) is 8.23. The van der Waals surface area contributed by atoms with E-state index >= 15 is 0 Å². The van der Waals surface area contributed by atoms with E-state index in [0.717, 1.165) is 57.9 Å². The Morgan fingerprint density at radius 2 is 1.96 bits per heavy atom. The van der Waals surface area contributed by atoms with Crippen LogP contribution in [0.3, 0.4) is 0 Å². The van der Waals surface area contributed by atoms with Crippen molar-refractivity contribution in [3.05, 3.63) is 48.3 Å². The van der Waals surface area contributed by atoms with E-state index in [1.54, 1.807) is 6.20 Å². The van der Waals surface area contributed by atoms with E-state index in [2.05, 4.69) is 63.5 Å². The van der Waals surface area contributed by atoms with Crippen molar-refractivity contribution in [2.24, 2.45) is 0 Å². The van der Waals surface area contributed by atoms with Gasteiger partial charge in [-0.2, -0.15) is 5.10 Å². The molecule has 0 unspecified atom stereocenters. The minimum atomic E-state index is 0.731. The van der Waals surface area contributed by atoms with Gasteiger partial charge in [-0.25, -0.2) is 4.98 Å². The van der Waals surface area contributed by atoms with Gasteiger partial charge in [-0.15, -0.1) is 0 Å². The number of hydrogen-bond donors (Lipinski definition) is 2. The predicted molar refractivity (Wildman–Crippen MR) is 107 cm³/mol. The van der Waals surface area contributed by atoms with Gasteiger partial charge in [-0.05, 0) is 62.6 Å². The fraction of sp³-hybridized carbons (Fsp3) is 0.250. The van der Waals surface area contributed by atoms with Gasteiger partial charge in [0, 0.05) is 36.1 Å². The highest BCUT2D eigenvalue weighted by Crippen LogP contribution is 2.30. The highest BCUT2D eigenvalue weighted by molar-refractivity contribution is 5.96. The number of nitrogens with one attached hydrogen (secondary N) is 2. The number of benzene rings is 1. The molecule has 26 heavy (non-hydrogen) atoms. The predicted octanol–water partition coefficient (Wildman–Crippen LogP) is 4.40. The average Bonchev–Trinajstić information content (AvgIpc) is 3.05. The second kappa shape index (κ2) is 6.63. The molecule has 6 nitrogen and oxygen atoms in total. The zero-order valence-corrected chi connectivity index (χ0v) is 15.2. The maximum atomic E-state index is 4.77. The Morgan fingerprint density at radius 3 is 2.77 bits per heavy atom. The molecular weight excluding hydrogens is 324 g/mol. The summed E-state index contributed by atoms with van der Waals surface area (Å²) < 4.78 is 0. The highest BCUT2D eigenvalue weighted by atomic mass is 15.2. The average molecular weight is 346 g/mol. The van der Waals surface area contributed by atoms with E-state index in [-0.39, 0.29) is 0 Å². The van der Waals surface area contributed by atoms with Gasteiger partial charge in [0.2, 0.25) is 0 Å². The van der Waals surface area contributed by atoms with E-state index in [0.29, 0.717) is 0 Å². The molecule has 0 radical (unpaired) electrons. The van der Waals surface area contributed by atoms with Crippen molar-refractivity contribution in [1.82, 2.24) is 20.2 Å². The summed E-state index contributed by atoms with van der Waals surface area (Å²) in [6.07, 6.45) is 1.77. The molecule has 4 rings (SSSR count). The number of H-pyrrole nitrogens is 1. The van der Waals surface area contributed by atoms with Crippen LogP contribution in [0.4, 0.5) is 17.3 Å². The first-order valence-corrected chi connectivity index (χ1v) is 8.92. The molecule has 132 valence electrons. The Kier molecular flexibility index (Phi) is 4.16. The van der Waals surface area contributed by atoms with Crippen molar-refractivity contribution in [3.63, 3.8) is 0 Å². The highest BCUT2D eigenvalue weighted by Gasteiger charge is 2.12. The fourth-order valence-corrected chi connectivity index (χ4v) is 3.29. The molecule has 1 aromatic carbocycles. The van der Waals surface area contributed by atoms with Crippen LogP contribution in [0, 0.1) is 6.92 Å². The number of pyridine rings is 2. The number of nitrogens with zero attached hydrogens (tertiary/aromatic N) is 4. The Morgan fingerprint density at radius 1 is 1.12 bits per heavy atom. The van der Waals surface area contributed by atoms with E-state index in [1.165, 1.54) is 0 Å². The molecule has 0 aliphatic carbocycles. The molecule has 2 N–H and O–H groups in total. The smallest absolute Gasteiger partial charge is 0.178 e. The first kappa shape index (κ1) is 16.3. The quantitative estimate of drug-likeness (QED) is 0.560. The Bertz CT molecular complexity index is 1060. The molecule has 0 amide bonds. The van der Waals surface area contributed by atoms with Crippen LogP contribution in [0.25, 0.3) is 21.8 Å². The molecule has 0 saturated carbocycles. The fourth-order valence-electron chi connectivity index (χ4n) is 3.29. The Labute approximate surface area is 152 Å². The van der Waals surface area contributed by atoms with Crippen LogP contribution in [0.1, 0.15) is 19.5 Å². The third-order valence-corrected chi connectivity index (χ3v) is 4.59. The Balaban J connectivity index is 1.76. The van der Waals surface area contributed by atoms with Crippen LogP contribution < -0.4 is 10.2 Å². The maximum Gasteiger partial charge on any atom is 0.178 e. The lowest BCUT2D eigenvalue weighted by molar-refractivity contribution is 0.848. The summed E-state index contributed by atoms with van der Waals surface area (Å²) in [5.41, 5.74) is 3.75. The van der Waals surface area contributed by atoms with Crippen LogP contribution >= 0.6 is 0 Å². The molecule has 4 aromatic rings. The monoisotopic (exact) mass is 346 g/mol. The minimum absolute atomic E-state index is 0.731. The molecule has 0 atom stereocenters. The SMILES string of the molecule is CCN(CC)c1nc(C)cc2cc(Nc3n[nH]c4cccnc34)ccc12. The first-order chi connectivity index (χ1) is 12.7. The number of rotatable bonds is 5. The third-order valence-electron chi connectivity index (χ3n) is 4.59. The Hall–Kier alpha value is -3.15. The van der Waals surface area contributed by atoms with E-state index in [1.807, 2.05) is 19.1 Å². The van der Waals surface area contributed by atoms with Gasteiger partial charge in [-0.3, -0.25) is 10.1 Å². The number of aromatic amines is 1. The molecule has 0 bridgehead atoms. The second-order valence-electron chi connectivity index (χ2n) is 6.29. The number of aromatic nitrogens is 4. The molecule has 0 fully saturated rings. The second-order valence-corrected chi connectivity index (χ2v) is 6.29. The van der Waals surface area contributed by atoms with Crippen molar-refractivity contribution in [1.29, 1.82) is 0 Å². The lowest BCUT2D eigenvalue weighted by Crippen LogP contribution is -2.23. The lowest BCUT2D eigenvalue weighted by atomic mass is 10.1. The normalized spacial score (nSPS) is 11.2. The van der Waals surface area contributed by atoms with Crippen LogP contribution in [-0.2, 0) is 0 Å². The number of aryl methyl sites for hydroxylation is 1. The molecular formula is C20H22N6. The molecule has 0 saturated heterocycles. The molecule has 3 aromatic heterocycles. The van der Waals surface area contributed by atoms with Crippen molar-refractivity contribution in [2.75, 3.05) is 23.3 Å². The number of anilines is 3. The maximum absolute atomic E-state index is 4.77. The van der Waals surface area contributed by atoms with Crippen molar-refractivity contribution in [3.8, 4) is 0 Å². The zero-order chi connectivity index (χ0) is 18.1. The van der Waals surface area contributed by atoms with Crippen LogP contribution in [0.5, 0.6) is 0 Å². The van der Waals surface area contributed by atoms with Gasteiger partial charge in [0.25, 0.3) is 0 Å². The molecule has 0 aliphatic heterocycles. The van der Waals surface area contributed by atoms with Gasteiger partial charge in [0.05, 0.1) is 5.52 Å². The van der Waals surface area contributed by atoms with Crippen molar-refractivity contribution < 1.29 is 0 Å². The van der Waals surface area contributed by atoms with E-state index in [4.69, 9.17) is 4.98 Å². The molecule has 0 spiro atoms. The summed E-state index contributed by atoms with van der Waals surface area (Å²) in [5.74, 6) is 1.78. The number of fused-ring (bicyclic) bond motifs is 2. The van der Waals surface area contributed by atoms with Crippen molar-refractivity contribution in [2.45, 2.75) is 20.8 Å². The van der Waals surface area contributed by atoms with Crippen LogP contribution in [-0.4, -0.2) is 33.3 Å². The molecule has 6 heteroatoms. The standard InChI is InChI=1S/C20H22N6/c1-4-26(5-2)20-16-9-8-15(12-14(16)11-13(3)22-20)23-19-18-17(24-25-19)7-6-10-21-18/h6-12H,4-5H2,1-3H3,(H2,23,24,25). The minimum Gasteiger partial charge on any atom is -0.357 e. The van der Waals surface area contributed by atoms with Gasteiger partial charge in [0.1, 0.15) is 11.3 Å². The number of hydrogen-bond acceptors (Lipinski definition) is 5. The van der Waals surface area contributed by atoms with Crippen LogP contribution in [0.2, 0.25) is 0 Å². The van der Waals surface area contributed by atoms with Gasteiger partial charge < -0.3 is 10.2 Å². The lowest BCUT2D eigenvalue weighted by Gasteiger charge is -2.22. The van der Waals surface area contributed by atoms with Crippen molar-refractivity contribution >= 4 is 39.1 Å². The zero-order valence-electron chi connectivity index (χ0n) is 15.2. The van der Waals surface area contributed by atoms with Crippen LogP contribution in [0.15, 0.2) is 42.6 Å². The van der Waals surface area contributed by atoms with Gasteiger partial charge in [0.15, 0.2) is 5.82 Å². The summed E-state index contributed by atoms with van der Waals surface area (Å²) in [4.78, 5) is 11.5. The third kappa shape index (κ3) is 2.83. The summed E-state index contributed by atoms with van der Waals surface area (Å²) >= 11 is 0. The topological polar surface area (TPSA) is 69.7 Å².